The third-order valence-corrected chi connectivity index (χ3v) is 3.89. The lowest BCUT2D eigenvalue weighted by molar-refractivity contribution is -0.148. The first kappa shape index (κ1) is 17.3. The third kappa shape index (κ3) is 4.01. The molecule has 1 aliphatic rings. The molecule has 1 saturated heterocycles. The summed E-state index contributed by atoms with van der Waals surface area (Å²) in [6.07, 6.45) is -4.15. The van der Waals surface area contributed by atoms with Crippen LogP contribution in [0.4, 0.5) is 13.2 Å². The molecule has 0 aliphatic carbocycles. The summed E-state index contributed by atoms with van der Waals surface area (Å²) in [4.78, 5) is 24.7. The molecule has 2 amide bonds. The normalized spacial score (nSPS) is 22.0. The highest BCUT2D eigenvalue weighted by Gasteiger charge is 2.40. The number of alkyl halides is 3. The van der Waals surface area contributed by atoms with Gasteiger partial charge in [-0.05, 0) is 24.5 Å². The number of halogens is 3. The lowest BCUT2D eigenvalue weighted by Crippen LogP contribution is -2.57. The Morgan fingerprint density at radius 2 is 2.04 bits per heavy atom. The SMILES string of the molecule is NC(=O)C1(O)CCCN(C(=O)Cc2cccc(C(F)(F)F)c2)C1. The summed E-state index contributed by atoms with van der Waals surface area (Å²) in [6.45, 7) is 0.0908. The van der Waals surface area contributed by atoms with Gasteiger partial charge in [-0.1, -0.05) is 18.2 Å². The van der Waals surface area contributed by atoms with Crippen LogP contribution in [0.3, 0.4) is 0 Å². The second kappa shape index (κ2) is 6.19. The molecule has 0 bridgehead atoms. The molecule has 0 aromatic heterocycles. The third-order valence-electron chi connectivity index (χ3n) is 3.89. The molecular weight excluding hydrogens is 313 g/mol. The number of β-amino-alcohol motifs (C(OH)–C–C–N with tert-alkyl or cyclic N) is 1. The fourth-order valence-electron chi connectivity index (χ4n) is 2.59. The van der Waals surface area contributed by atoms with E-state index in [1.165, 1.54) is 17.0 Å². The minimum atomic E-state index is -4.48. The standard InChI is InChI=1S/C15H17F3N2O3/c16-15(17,18)11-4-1-3-10(7-11)8-12(21)20-6-2-5-14(23,9-20)13(19)22/h1,3-4,7,23H,2,5-6,8-9H2,(H2,19,22). The number of hydrogen-bond acceptors (Lipinski definition) is 3. The molecule has 1 aliphatic heterocycles. The zero-order valence-electron chi connectivity index (χ0n) is 12.3. The van der Waals surface area contributed by atoms with Crippen molar-refractivity contribution in [1.29, 1.82) is 0 Å². The topological polar surface area (TPSA) is 83.6 Å². The molecule has 1 fully saturated rings. The van der Waals surface area contributed by atoms with Crippen molar-refractivity contribution < 1.29 is 27.9 Å². The van der Waals surface area contributed by atoms with Crippen molar-refractivity contribution in [3.8, 4) is 0 Å². The fraction of sp³-hybridized carbons (Fsp3) is 0.467. The number of nitrogens with two attached hydrogens (primary N) is 1. The van der Waals surface area contributed by atoms with E-state index in [1.54, 1.807) is 0 Å². The van der Waals surface area contributed by atoms with Crippen LogP contribution in [-0.4, -0.2) is 40.5 Å². The number of benzene rings is 1. The van der Waals surface area contributed by atoms with Crippen molar-refractivity contribution >= 4 is 11.8 Å². The van der Waals surface area contributed by atoms with Gasteiger partial charge in [-0.15, -0.1) is 0 Å². The number of carbonyl (C=O) groups excluding carboxylic acids is 2. The summed E-state index contributed by atoms with van der Waals surface area (Å²) in [5, 5.41) is 10.1. The number of nitrogens with zero attached hydrogens (tertiary/aromatic N) is 1. The van der Waals surface area contributed by atoms with E-state index in [-0.39, 0.29) is 24.9 Å². The minimum absolute atomic E-state index is 0.162. The van der Waals surface area contributed by atoms with E-state index in [0.717, 1.165) is 12.1 Å². The molecule has 0 radical (unpaired) electrons. The van der Waals surface area contributed by atoms with E-state index in [0.29, 0.717) is 13.0 Å². The summed E-state index contributed by atoms with van der Waals surface area (Å²) in [5.74, 6) is -1.36. The maximum atomic E-state index is 12.7. The van der Waals surface area contributed by atoms with Crippen LogP contribution in [0.25, 0.3) is 0 Å². The second-order valence-electron chi connectivity index (χ2n) is 5.69. The zero-order chi connectivity index (χ0) is 17.3. The maximum absolute atomic E-state index is 12.7. The highest BCUT2D eigenvalue weighted by molar-refractivity contribution is 5.85. The molecule has 8 heteroatoms. The first-order valence-electron chi connectivity index (χ1n) is 7.08. The van der Waals surface area contributed by atoms with Gasteiger partial charge in [0.05, 0.1) is 18.5 Å². The number of primary amides is 1. The molecule has 5 nitrogen and oxygen atoms in total. The van der Waals surface area contributed by atoms with E-state index in [4.69, 9.17) is 5.73 Å². The van der Waals surface area contributed by atoms with Gasteiger partial charge in [0.25, 0.3) is 5.91 Å². The van der Waals surface area contributed by atoms with Gasteiger partial charge in [0.15, 0.2) is 5.60 Å². The van der Waals surface area contributed by atoms with Gasteiger partial charge in [0, 0.05) is 6.54 Å². The van der Waals surface area contributed by atoms with E-state index < -0.39 is 29.2 Å². The molecule has 126 valence electrons. The monoisotopic (exact) mass is 330 g/mol. The maximum Gasteiger partial charge on any atom is 0.416 e. The van der Waals surface area contributed by atoms with Crippen LogP contribution < -0.4 is 5.73 Å². The molecule has 3 N–H and O–H groups in total. The van der Waals surface area contributed by atoms with Crippen molar-refractivity contribution in [2.24, 2.45) is 5.73 Å². The van der Waals surface area contributed by atoms with Gasteiger partial charge in [0.1, 0.15) is 0 Å². The number of amides is 2. The van der Waals surface area contributed by atoms with Gasteiger partial charge in [0.2, 0.25) is 5.91 Å². The van der Waals surface area contributed by atoms with E-state index in [9.17, 15) is 27.9 Å². The average Bonchev–Trinajstić information content (AvgIpc) is 2.46. The molecule has 1 aromatic carbocycles. The van der Waals surface area contributed by atoms with Crippen molar-refractivity contribution in [3.05, 3.63) is 35.4 Å². The number of aliphatic hydroxyl groups is 1. The van der Waals surface area contributed by atoms with E-state index >= 15 is 0 Å². The summed E-state index contributed by atoms with van der Waals surface area (Å²) >= 11 is 0. The predicted octanol–water partition coefficient (Wildman–Crippen LogP) is 1.09. The Hall–Kier alpha value is -2.09. The summed E-state index contributed by atoms with van der Waals surface area (Å²) in [6, 6.07) is 4.52. The molecule has 1 aromatic rings. The van der Waals surface area contributed by atoms with Crippen molar-refractivity contribution in [1.82, 2.24) is 4.90 Å². The van der Waals surface area contributed by atoms with Crippen molar-refractivity contribution in [3.63, 3.8) is 0 Å². The van der Waals surface area contributed by atoms with Crippen molar-refractivity contribution in [2.75, 3.05) is 13.1 Å². The molecule has 1 heterocycles. The van der Waals surface area contributed by atoms with Gasteiger partial charge < -0.3 is 15.7 Å². The molecule has 0 spiro atoms. The van der Waals surface area contributed by atoms with Gasteiger partial charge >= 0.3 is 6.18 Å². The number of rotatable bonds is 3. The molecule has 1 unspecified atom stereocenters. The van der Waals surface area contributed by atoms with Crippen LogP contribution >= 0.6 is 0 Å². The van der Waals surface area contributed by atoms with Gasteiger partial charge in [-0.25, -0.2) is 0 Å². The van der Waals surface area contributed by atoms with E-state index in [1.807, 2.05) is 0 Å². The Kier molecular flexibility index (Phi) is 4.65. The highest BCUT2D eigenvalue weighted by Crippen LogP contribution is 2.30. The Bertz CT molecular complexity index is 618. The molecule has 0 saturated carbocycles. The van der Waals surface area contributed by atoms with Crippen LogP contribution in [0, 0.1) is 0 Å². The smallest absolute Gasteiger partial charge is 0.378 e. The lowest BCUT2D eigenvalue weighted by Gasteiger charge is -2.37. The average molecular weight is 330 g/mol. The summed E-state index contributed by atoms with van der Waals surface area (Å²) < 4.78 is 38.0. The largest absolute Gasteiger partial charge is 0.416 e. The number of likely N-dealkylation sites (tertiary alicyclic amines) is 1. The first-order chi connectivity index (χ1) is 10.6. The number of piperidine rings is 1. The van der Waals surface area contributed by atoms with Crippen LogP contribution in [0.1, 0.15) is 24.0 Å². The Morgan fingerprint density at radius 1 is 1.35 bits per heavy atom. The fourth-order valence-corrected chi connectivity index (χ4v) is 2.59. The predicted molar refractivity (Wildman–Crippen MR) is 75.1 cm³/mol. The van der Waals surface area contributed by atoms with Crippen molar-refractivity contribution in [2.45, 2.75) is 31.0 Å². The number of hydrogen-bond donors (Lipinski definition) is 2. The van der Waals surface area contributed by atoms with Gasteiger partial charge in [-0.3, -0.25) is 9.59 Å². The molecular formula is C15H17F3N2O3. The minimum Gasteiger partial charge on any atom is -0.378 e. The van der Waals surface area contributed by atoms with Crippen LogP contribution in [-0.2, 0) is 22.2 Å². The Balaban J connectivity index is 2.09. The van der Waals surface area contributed by atoms with Crippen LogP contribution in [0.2, 0.25) is 0 Å². The van der Waals surface area contributed by atoms with Crippen LogP contribution in [0.5, 0.6) is 0 Å². The molecule has 23 heavy (non-hydrogen) atoms. The second-order valence-corrected chi connectivity index (χ2v) is 5.69. The first-order valence-corrected chi connectivity index (χ1v) is 7.08. The van der Waals surface area contributed by atoms with Gasteiger partial charge in [-0.2, -0.15) is 13.2 Å². The summed E-state index contributed by atoms with van der Waals surface area (Å²) in [7, 11) is 0. The Labute approximate surface area is 130 Å². The highest BCUT2D eigenvalue weighted by atomic mass is 19.4. The number of carbonyl (C=O) groups is 2. The quantitative estimate of drug-likeness (QED) is 0.870. The zero-order valence-corrected chi connectivity index (χ0v) is 12.3. The lowest BCUT2D eigenvalue weighted by atomic mass is 9.92. The van der Waals surface area contributed by atoms with Crippen LogP contribution in [0.15, 0.2) is 24.3 Å². The molecule has 2 rings (SSSR count). The summed E-state index contributed by atoms with van der Waals surface area (Å²) in [5.41, 5.74) is 2.75. The Morgan fingerprint density at radius 3 is 2.65 bits per heavy atom. The van der Waals surface area contributed by atoms with E-state index in [2.05, 4.69) is 0 Å². The molecule has 1 atom stereocenters.